The van der Waals surface area contributed by atoms with E-state index in [0.29, 0.717) is 6.07 Å². The number of rotatable bonds is 5. The Morgan fingerprint density at radius 3 is 2.44 bits per heavy atom. The van der Waals surface area contributed by atoms with Gasteiger partial charge in [0.25, 0.3) is 5.95 Å². The van der Waals surface area contributed by atoms with Crippen molar-refractivity contribution in [3.8, 4) is 0 Å². The fraction of sp³-hybridized carbons (Fsp3) is 0.444. The van der Waals surface area contributed by atoms with Crippen molar-refractivity contribution in [2.24, 2.45) is 0 Å². The Morgan fingerprint density at radius 2 is 1.88 bits per heavy atom. The molecule has 0 saturated carbocycles. The molecule has 0 aliphatic heterocycles. The van der Waals surface area contributed by atoms with Gasteiger partial charge >= 0.3 is 0 Å². The minimum absolute atomic E-state index is 0.0575. The average molecular weight is 236 g/mol. The maximum Gasteiger partial charge on any atom is 0.251 e. The van der Waals surface area contributed by atoms with E-state index in [4.69, 9.17) is 9.47 Å². The van der Waals surface area contributed by atoms with Crippen LogP contribution in [0.5, 0.6) is 0 Å². The van der Waals surface area contributed by atoms with Gasteiger partial charge in [-0.3, -0.25) is 0 Å². The van der Waals surface area contributed by atoms with Gasteiger partial charge in [0.05, 0.1) is 6.54 Å². The van der Waals surface area contributed by atoms with Gasteiger partial charge in [-0.05, 0) is 0 Å². The normalized spacial score (nSPS) is 10.9. The second-order valence-corrected chi connectivity index (χ2v) is 2.87. The van der Waals surface area contributed by atoms with Crippen molar-refractivity contribution >= 4 is 5.82 Å². The Kier molecular flexibility index (Phi) is 4.51. The van der Waals surface area contributed by atoms with Gasteiger partial charge in [0.15, 0.2) is 23.7 Å². The van der Waals surface area contributed by atoms with Crippen molar-refractivity contribution in [2.45, 2.75) is 6.29 Å². The lowest BCUT2D eigenvalue weighted by atomic mass is 10.4. The van der Waals surface area contributed by atoms with E-state index < -0.39 is 29.7 Å². The number of aromatic nitrogens is 1. The van der Waals surface area contributed by atoms with E-state index in [-0.39, 0.29) is 6.54 Å². The van der Waals surface area contributed by atoms with Crippen molar-refractivity contribution in [1.29, 1.82) is 0 Å². The van der Waals surface area contributed by atoms with E-state index in [1.807, 2.05) is 0 Å². The third kappa shape index (κ3) is 3.07. The molecule has 1 aromatic heterocycles. The molecule has 90 valence electrons. The maximum atomic E-state index is 13.1. The first-order valence-corrected chi connectivity index (χ1v) is 4.39. The van der Waals surface area contributed by atoms with Crippen LogP contribution in [0.1, 0.15) is 0 Å². The van der Waals surface area contributed by atoms with Crippen LogP contribution in [0.2, 0.25) is 0 Å². The van der Waals surface area contributed by atoms with Crippen LogP contribution < -0.4 is 5.32 Å². The fourth-order valence-corrected chi connectivity index (χ4v) is 1.01. The van der Waals surface area contributed by atoms with Crippen LogP contribution in [0.3, 0.4) is 0 Å². The molecule has 7 heteroatoms. The van der Waals surface area contributed by atoms with E-state index in [1.165, 1.54) is 14.2 Å². The molecule has 0 saturated heterocycles. The first-order chi connectivity index (χ1) is 7.58. The molecule has 0 fully saturated rings. The van der Waals surface area contributed by atoms with E-state index in [0.717, 1.165) is 0 Å². The zero-order valence-corrected chi connectivity index (χ0v) is 8.76. The summed E-state index contributed by atoms with van der Waals surface area (Å²) >= 11 is 0. The number of nitrogens with one attached hydrogen (secondary N) is 1. The number of ether oxygens (including phenoxy) is 2. The zero-order chi connectivity index (χ0) is 12.1. The highest BCUT2D eigenvalue weighted by Crippen LogP contribution is 2.14. The summed E-state index contributed by atoms with van der Waals surface area (Å²) in [7, 11) is 2.79. The minimum Gasteiger partial charge on any atom is -0.362 e. The molecule has 0 spiro atoms. The molecule has 0 amide bonds. The monoisotopic (exact) mass is 236 g/mol. The largest absolute Gasteiger partial charge is 0.362 e. The number of methoxy groups -OCH3 is 2. The highest BCUT2D eigenvalue weighted by molar-refractivity contribution is 5.36. The summed E-state index contributed by atoms with van der Waals surface area (Å²) in [6.45, 7) is 0.0575. The zero-order valence-electron chi connectivity index (χ0n) is 8.76. The van der Waals surface area contributed by atoms with Gasteiger partial charge in [-0.25, -0.2) is 8.78 Å². The summed E-state index contributed by atoms with van der Waals surface area (Å²) < 4.78 is 47.9. The number of anilines is 1. The highest BCUT2D eigenvalue weighted by Gasteiger charge is 2.13. The lowest BCUT2D eigenvalue weighted by Crippen LogP contribution is -2.24. The topological polar surface area (TPSA) is 43.4 Å². The van der Waals surface area contributed by atoms with Crippen molar-refractivity contribution in [3.63, 3.8) is 0 Å². The minimum atomic E-state index is -1.37. The van der Waals surface area contributed by atoms with E-state index >= 15 is 0 Å². The van der Waals surface area contributed by atoms with Crippen LogP contribution in [0.15, 0.2) is 6.07 Å². The van der Waals surface area contributed by atoms with Crippen molar-refractivity contribution in [3.05, 3.63) is 23.6 Å². The molecule has 1 rings (SSSR count). The second kappa shape index (κ2) is 5.66. The molecule has 4 nitrogen and oxygen atoms in total. The summed E-state index contributed by atoms with van der Waals surface area (Å²) in [6, 6.07) is 0.416. The van der Waals surface area contributed by atoms with E-state index in [9.17, 15) is 13.2 Å². The Balaban J connectivity index is 2.70. The molecule has 0 bridgehead atoms. The molecule has 0 aromatic carbocycles. The van der Waals surface area contributed by atoms with Crippen LogP contribution in [-0.4, -0.2) is 32.0 Å². The third-order valence-corrected chi connectivity index (χ3v) is 1.85. The van der Waals surface area contributed by atoms with Crippen molar-refractivity contribution < 1.29 is 22.6 Å². The lowest BCUT2D eigenvalue weighted by Gasteiger charge is -2.14. The summed E-state index contributed by atoms with van der Waals surface area (Å²) in [5, 5.41) is 2.44. The predicted octanol–water partition coefficient (Wildman–Crippen LogP) is 1.53. The van der Waals surface area contributed by atoms with E-state index in [2.05, 4.69) is 10.3 Å². The first-order valence-electron chi connectivity index (χ1n) is 4.39. The molecule has 0 aliphatic carbocycles. The Hall–Kier alpha value is -1.34. The predicted molar refractivity (Wildman–Crippen MR) is 50.4 cm³/mol. The van der Waals surface area contributed by atoms with Crippen LogP contribution in [0.25, 0.3) is 0 Å². The smallest absolute Gasteiger partial charge is 0.251 e. The summed E-state index contributed by atoms with van der Waals surface area (Å²) in [4.78, 5) is 3.07. The standard InChI is InChI=1S/C9H11F3N2O2/c1-15-7(16-2)4-13-9-6(11)3-5(10)8(12)14-9/h3,7H,4H2,1-2H3,(H,13,14). The molecular weight excluding hydrogens is 225 g/mol. The number of halogens is 3. The Labute approximate surface area is 90.4 Å². The quantitative estimate of drug-likeness (QED) is 0.622. The van der Waals surface area contributed by atoms with Crippen LogP contribution >= 0.6 is 0 Å². The average Bonchev–Trinajstić information content (AvgIpc) is 2.26. The molecule has 1 aromatic rings. The van der Waals surface area contributed by atoms with Gasteiger partial charge in [-0.1, -0.05) is 0 Å². The second-order valence-electron chi connectivity index (χ2n) is 2.87. The summed E-state index contributed by atoms with van der Waals surface area (Å²) in [5.41, 5.74) is 0. The van der Waals surface area contributed by atoms with Gasteiger partial charge < -0.3 is 14.8 Å². The Morgan fingerprint density at radius 1 is 1.25 bits per heavy atom. The summed E-state index contributed by atoms with van der Waals surface area (Å²) in [6.07, 6.45) is -0.630. The molecule has 0 atom stereocenters. The van der Waals surface area contributed by atoms with Crippen molar-refractivity contribution in [2.75, 3.05) is 26.1 Å². The van der Waals surface area contributed by atoms with Gasteiger partial charge in [0, 0.05) is 20.3 Å². The maximum absolute atomic E-state index is 13.1. The number of nitrogens with zero attached hydrogens (tertiary/aromatic N) is 1. The third-order valence-electron chi connectivity index (χ3n) is 1.85. The molecule has 0 unspecified atom stereocenters. The van der Waals surface area contributed by atoms with Gasteiger partial charge in [-0.2, -0.15) is 9.37 Å². The van der Waals surface area contributed by atoms with Crippen LogP contribution in [0.4, 0.5) is 19.0 Å². The molecule has 1 N–H and O–H groups in total. The van der Waals surface area contributed by atoms with Crippen LogP contribution in [-0.2, 0) is 9.47 Å². The molecule has 1 heterocycles. The number of pyridine rings is 1. The lowest BCUT2D eigenvalue weighted by molar-refractivity contribution is -0.0914. The van der Waals surface area contributed by atoms with E-state index in [1.54, 1.807) is 0 Å². The van der Waals surface area contributed by atoms with Gasteiger partial charge in [-0.15, -0.1) is 0 Å². The van der Waals surface area contributed by atoms with Gasteiger partial charge in [0.1, 0.15) is 0 Å². The SMILES string of the molecule is COC(CNc1nc(F)c(F)cc1F)OC. The van der Waals surface area contributed by atoms with Gasteiger partial charge in [0.2, 0.25) is 0 Å². The van der Waals surface area contributed by atoms with Crippen LogP contribution in [0, 0.1) is 17.6 Å². The molecule has 16 heavy (non-hydrogen) atoms. The molecule has 0 radical (unpaired) electrons. The Bertz CT molecular complexity index is 359. The van der Waals surface area contributed by atoms with Crippen molar-refractivity contribution in [1.82, 2.24) is 4.98 Å². The molecular formula is C9H11F3N2O2. The first kappa shape index (κ1) is 12.7. The fourth-order valence-electron chi connectivity index (χ4n) is 1.01. The number of hydrogen-bond donors (Lipinski definition) is 1. The highest BCUT2D eigenvalue weighted by atomic mass is 19.2. The number of hydrogen-bond acceptors (Lipinski definition) is 4. The summed E-state index contributed by atoms with van der Waals surface area (Å²) in [5.74, 6) is -4.07. The molecule has 0 aliphatic rings.